The Bertz CT molecular complexity index is 901. The van der Waals surface area contributed by atoms with E-state index in [9.17, 15) is 41.3 Å². The number of aromatic nitrogens is 2. The molecule has 0 saturated carbocycles. The zero-order valence-corrected chi connectivity index (χ0v) is 14.3. The van der Waals surface area contributed by atoms with Gasteiger partial charge in [0, 0.05) is 5.69 Å². The summed E-state index contributed by atoms with van der Waals surface area (Å²) in [5.74, 6) is -1.01. The van der Waals surface area contributed by atoms with Crippen molar-refractivity contribution in [3.63, 3.8) is 0 Å². The molecule has 2 rings (SSSR count). The lowest BCUT2D eigenvalue weighted by Gasteiger charge is -2.15. The average Bonchev–Trinajstić information content (AvgIpc) is 2.79. The summed E-state index contributed by atoms with van der Waals surface area (Å²) in [7, 11) is 0. The van der Waals surface area contributed by atoms with E-state index in [1.165, 1.54) is 13.8 Å². The molecule has 0 aliphatic rings. The summed E-state index contributed by atoms with van der Waals surface area (Å²) in [4.78, 5) is 22.3. The minimum atomic E-state index is -5.06. The van der Waals surface area contributed by atoms with E-state index in [1.54, 1.807) is 0 Å². The number of alkyl halides is 6. The first kappa shape index (κ1) is 21.2. The number of halogens is 6. The van der Waals surface area contributed by atoms with Gasteiger partial charge in [0.15, 0.2) is 0 Å². The number of rotatable bonds is 4. The largest absolute Gasteiger partial charge is 0.416 e. The fourth-order valence-corrected chi connectivity index (χ4v) is 2.47. The first-order valence-corrected chi connectivity index (χ1v) is 7.48. The van der Waals surface area contributed by atoms with Crippen molar-refractivity contribution in [3.05, 3.63) is 50.8 Å². The fraction of sp³-hybridized carbons (Fsp3) is 0.333. The number of aryl methyl sites for hydroxylation is 1. The lowest BCUT2D eigenvalue weighted by atomic mass is 10.1. The molecule has 0 spiro atoms. The first-order valence-electron chi connectivity index (χ1n) is 7.48. The van der Waals surface area contributed by atoms with Gasteiger partial charge in [0.05, 0.1) is 16.1 Å². The van der Waals surface area contributed by atoms with Gasteiger partial charge in [-0.3, -0.25) is 19.6 Å². The SMILES string of the molecule is Cc1nn(CC(=O)Nc2cc(C(F)(F)F)cc(C(F)(F)F)c2)c(C)c1[N+](=O)[O-]. The number of nitrogens with zero attached hydrogens (tertiary/aromatic N) is 3. The molecule has 2 aromatic rings. The van der Waals surface area contributed by atoms with Crippen LogP contribution in [0.25, 0.3) is 0 Å². The summed E-state index contributed by atoms with van der Waals surface area (Å²) in [6.07, 6.45) is -10.1. The molecule has 0 aliphatic heterocycles. The number of hydrogen-bond donors (Lipinski definition) is 1. The van der Waals surface area contributed by atoms with Crippen molar-refractivity contribution in [2.75, 3.05) is 5.32 Å². The maximum Gasteiger partial charge on any atom is 0.416 e. The molecule has 0 saturated heterocycles. The predicted molar refractivity (Wildman–Crippen MR) is 83.4 cm³/mol. The van der Waals surface area contributed by atoms with E-state index in [0.29, 0.717) is 12.1 Å². The molecule has 0 unspecified atom stereocenters. The maximum atomic E-state index is 12.8. The zero-order valence-electron chi connectivity index (χ0n) is 14.3. The average molecular weight is 410 g/mol. The van der Waals surface area contributed by atoms with Crippen molar-refractivity contribution in [3.8, 4) is 0 Å². The van der Waals surface area contributed by atoms with Crippen LogP contribution in [0.4, 0.5) is 37.7 Å². The van der Waals surface area contributed by atoms with Crippen LogP contribution in [0.1, 0.15) is 22.5 Å². The van der Waals surface area contributed by atoms with Gasteiger partial charge in [-0.05, 0) is 32.0 Å². The van der Waals surface area contributed by atoms with Crippen molar-refractivity contribution in [1.82, 2.24) is 9.78 Å². The number of nitrogens with one attached hydrogen (secondary N) is 1. The molecular formula is C15H12F6N4O3. The number of anilines is 1. The fourth-order valence-electron chi connectivity index (χ4n) is 2.47. The summed E-state index contributed by atoms with van der Waals surface area (Å²) in [5, 5.41) is 16.6. The number of carbonyl (C=O) groups excluding carboxylic acids is 1. The van der Waals surface area contributed by atoms with Gasteiger partial charge in [0.1, 0.15) is 17.9 Å². The van der Waals surface area contributed by atoms with Crippen LogP contribution >= 0.6 is 0 Å². The molecule has 1 heterocycles. The molecule has 1 aromatic carbocycles. The quantitative estimate of drug-likeness (QED) is 0.467. The minimum absolute atomic E-state index is 0.00808. The van der Waals surface area contributed by atoms with Crippen molar-refractivity contribution < 1.29 is 36.1 Å². The van der Waals surface area contributed by atoms with E-state index in [0.717, 1.165) is 4.68 Å². The lowest BCUT2D eigenvalue weighted by Crippen LogP contribution is -2.21. The third kappa shape index (κ3) is 4.58. The molecule has 0 aliphatic carbocycles. The van der Waals surface area contributed by atoms with E-state index in [-0.39, 0.29) is 23.1 Å². The van der Waals surface area contributed by atoms with Gasteiger partial charge in [-0.2, -0.15) is 31.4 Å². The highest BCUT2D eigenvalue weighted by Crippen LogP contribution is 2.37. The van der Waals surface area contributed by atoms with Crippen LogP contribution in [-0.2, 0) is 23.7 Å². The second kappa shape index (κ2) is 7.13. The highest BCUT2D eigenvalue weighted by atomic mass is 19.4. The number of nitro groups is 1. The molecule has 0 atom stereocenters. The van der Waals surface area contributed by atoms with Gasteiger partial charge in [-0.25, -0.2) is 0 Å². The normalized spacial score (nSPS) is 12.1. The highest BCUT2D eigenvalue weighted by Gasteiger charge is 2.37. The highest BCUT2D eigenvalue weighted by molar-refractivity contribution is 5.90. The summed E-state index contributed by atoms with van der Waals surface area (Å²) < 4.78 is 78.0. The number of benzene rings is 1. The smallest absolute Gasteiger partial charge is 0.324 e. The van der Waals surface area contributed by atoms with Crippen molar-refractivity contribution in [2.45, 2.75) is 32.7 Å². The Kier molecular flexibility index (Phi) is 5.39. The molecule has 13 heteroatoms. The van der Waals surface area contributed by atoms with Crippen LogP contribution in [-0.4, -0.2) is 20.6 Å². The Morgan fingerprint density at radius 1 is 1.11 bits per heavy atom. The summed E-state index contributed by atoms with van der Waals surface area (Å²) in [6, 6.07) is 0.646. The summed E-state index contributed by atoms with van der Waals surface area (Å²) >= 11 is 0. The van der Waals surface area contributed by atoms with Gasteiger partial charge in [-0.15, -0.1) is 0 Å². The van der Waals surface area contributed by atoms with Gasteiger partial charge in [0.2, 0.25) is 5.91 Å². The Balaban J connectivity index is 2.31. The predicted octanol–water partition coefficient (Wildman–Crippen LogP) is 4.08. The second-order valence-electron chi connectivity index (χ2n) is 5.78. The minimum Gasteiger partial charge on any atom is -0.324 e. The number of amides is 1. The molecular weight excluding hydrogens is 398 g/mol. The topological polar surface area (TPSA) is 90.1 Å². The standard InChI is InChI=1S/C15H12F6N4O3/c1-7-13(25(27)28)8(2)24(23-7)6-12(26)22-11-4-9(14(16,17)18)3-10(5-11)15(19,20)21/h3-5H,6H2,1-2H3,(H,22,26). The first-order chi connectivity index (χ1) is 12.7. The lowest BCUT2D eigenvalue weighted by molar-refractivity contribution is -0.386. The monoisotopic (exact) mass is 410 g/mol. The Hall–Kier alpha value is -3.12. The van der Waals surface area contributed by atoms with Gasteiger partial charge in [0.25, 0.3) is 0 Å². The van der Waals surface area contributed by atoms with E-state index in [2.05, 4.69) is 5.10 Å². The Morgan fingerprint density at radius 3 is 2.00 bits per heavy atom. The molecule has 1 N–H and O–H groups in total. The van der Waals surface area contributed by atoms with Crippen molar-refractivity contribution >= 4 is 17.3 Å². The van der Waals surface area contributed by atoms with Crippen LogP contribution in [0.15, 0.2) is 18.2 Å². The molecule has 1 aromatic heterocycles. The molecule has 0 radical (unpaired) electrons. The Labute approximate surface area is 153 Å². The van der Waals surface area contributed by atoms with Gasteiger partial charge in [-0.1, -0.05) is 0 Å². The molecule has 7 nitrogen and oxygen atoms in total. The number of hydrogen-bond acceptors (Lipinski definition) is 4. The second-order valence-corrected chi connectivity index (χ2v) is 5.78. The third-order valence-electron chi connectivity index (χ3n) is 3.69. The number of carbonyl (C=O) groups is 1. The van der Waals surface area contributed by atoms with E-state index in [4.69, 9.17) is 0 Å². The maximum absolute atomic E-state index is 12.8. The van der Waals surface area contributed by atoms with E-state index in [1.807, 2.05) is 5.32 Å². The van der Waals surface area contributed by atoms with Crippen LogP contribution in [0.3, 0.4) is 0 Å². The third-order valence-corrected chi connectivity index (χ3v) is 3.69. The molecule has 0 fully saturated rings. The molecule has 28 heavy (non-hydrogen) atoms. The zero-order chi connectivity index (χ0) is 21.4. The van der Waals surface area contributed by atoms with Crippen LogP contribution in [0.2, 0.25) is 0 Å². The van der Waals surface area contributed by atoms with Crippen LogP contribution in [0.5, 0.6) is 0 Å². The van der Waals surface area contributed by atoms with Crippen molar-refractivity contribution in [1.29, 1.82) is 0 Å². The summed E-state index contributed by atoms with van der Waals surface area (Å²) in [5.41, 5.74) is -4.21. The Morgan fingerprint density at radius 2 is 1.61 bits per heavy atom. The van der Waals surface area contributed by atoms with Crippen molar-refractivity contribution in [2.24, 2.45) is 0 Å². The van der Waals surface area contributed by atoms with Crippen LogP contribution in [0, 0.1) is 24.0 Å². The molecule has 1 amide bonds. The summed E-state index contributed by atoms with van der Waals surface area (Å²) in [6.45, 7) is 1.98. The van der Waals surface area contributed by atoms with E-state index >= 15 is 0 Å². The molecule has 0 bridgehead atoms. The van der Waals surface area contributed by atoms with E-state index < -0.39 is 46.5 Å². The van der Waals surface area contributed by atoms with Gasteiger partial charge < -0.3 is 5.32 Å². The molecule has 152 valence electrons. The van der Waals surface area contributed by atoms with Gasteiger partial charge >= 0.3 is 18.0 Å². The van der Waals surface area contributed by atoms with Crippen LogP contribution < -0.4 is 5.32 Å².